The largest absolute Gasteiger partial charge is 0.342 e. The molecule has 2 rings (SSSR count). The first kappa shape index (κ1) is 15.5. The van der Waals surface area contributed by atoms with Crippen molar-refractivity contribution in [3.8, 4) is 0 Å². The van der Waals surface area contributed by atoms with E-state index in [1.54, 1.807) is 0 Å². The lowest BCUT2D eigenvalue weighted by molar-refractivity contribution is -0.133. The first-order valence-electron chi connectivity index (χ1n) is 7.16. The van der Waals surface area contributed by atoms with E-state index in [0.717, 1.165) is 29.5 Å². The first-order chi connectivity index (χ1) is 9.49. The molecule has 0 radical (unpaired) electrons. The van der Waals surface area contributed by atoms with Crippen LogP contribution in [0.15, 0.2) is 28.7 Å². The van der Waals surface area contributed by atoms with Crippen LogP contribution in [0.1, 0.15) is 18.9 Å². The van der Waals surface area contributed by atoms with Gasteiger partial charge in [0.25, 0.3) is 0 Å². The predicted molar refractivity (Wildman–Crippen MR) is 85.7 cm³/mol. The fourth-order valence-electron chi connectivity index (χ4n) is 3.03. The number of rotatable bonds is 3. The molecule has 2 unspecified atom stereocenters. The molecule has 4 heteroatoms. The van der Waals surface area contributed by atoms with Crippen molar-refractivity contribution in [1.82, 2.24) is 9.80 Å². The maximum atomic E-state index is 12.5. The molecule has 0 saturated carbocycles. The Kier molecular flexibility index (Phi) is 5.22. The van der Waals surface area contributed by atoms with E-state index in [-0.39, 0.29) is 5.91 Å². The molecule has 1 amide bonds. The minimum absolute atomic E-state index is 0.207. The number of likely N-dealkylation sites (tertiary alicyclic amines) is 1. The minimum atomic E-state index is 0.207. The normalized spacial score (nSPS) is 23.6. The lowest BCUT2D eigenvalue weighted by Gasteiger charge is -2.40. The highest BCUT2D eigenvalue weighted by Gasteiger charge is 2.29. The first-order valence-corrected chi connectivity index (χ1v) is 7.96. The number of halogens is 1. The van der Waals surface area contributed by atoms with Crippen molar-refractivity contribution >= 4 is 21.8 Å². The summed E-state index contributed by atoms with van der Waals surface area (Å²) in [6.45, 7) is 4.38. The van der Waals surface area contributed by atoms with Gasteiger partial charge < -0.3 is 9.80 Å². The Morgan fingerprint density at radius 2 is 2.15 bits per heavy atom. The SMILES string of the molecule is CC1CN(C)CCC1N(C)C(=O)Cc1ccccc1Br. The lowest BCUT2D eigenvalue weighted by Crippen LogP contribution is -2.50. The Balaban J connectivity index is 2.00. The Hall–Kier alpha value is -0.870. The van der Waals surface area contributed by atoms with Gasteiger partial charge in [0.05, 0.1) is 6.42 Å². The van der Waals surface area contributed by atoms with Crippen LogP contribution in [-0.4, -0.2) is 48.9 Å². The molecule has 110 valence electrons. The van der Waals surface area contributed by atoms with E-state index < -0.39 is 0 Å². The van der Waals surface area contributed by atoms with Gasteiger partial charge in [0.1, 0.15) is 0 Å². The third-order valence-corrected chi connectivity index (χ3v) is 5.03. The molecule has 1 heterocycles. The zero-order chi connectivity index (χ0) is 14.7. The second kappa shape index (κ2) is 6.72. The number of carbonyl (C=O) groups is 1. The van der Waals surface area contributed by atoms with E-state index in [9.17, 15) is 4.79 Å². The van der Waals surface area contributed by atoms with Crippen molar-refractivity contribution < 1.29 is 4.79 Å². The second-order valence-corrected chi connectivity index (χ2v) is 6.72. The molecule has 1 aromatic rings. The van der Waals surface area contributed by atoms with Gasteiger partial charge in [0, 0.05) is 24.1 Å². The Bertz CT molecular complexity index is 477. The number of hydrogen-bond donors (Lipinski definition) is 0. The van der Waals surface area contributed by atoms with Crippen molar-refractivity contribution in [2.24, 2.45) is 5.92 Å². The fourth-order valence-corrected chi connectivity index (χ4v) is 3.46. The zero-order valence-electron chi connectivity index (χ0n) is 12.5. The third-order valence-electron chi connectivity index (χ3n) is 4.25. The van der Waals surface area contributed by atoms with Gasteiger partial charge in [-0.1, -0.05) is 41.1 Å². The van der Waals surface area contributed by atoms with Gasteiger partial charge in [-0.2, -0.15) is 0 Å². The monoisotopic (exact) mass is 338 g/mol. The molecule has 1 aliphatic heterocycles. The minimum Gasteiger partial charge on any atom is -0.342 e. The van der Waals surface area contributed by atoms with Crippen LogP contribution in [-0.2, 0) is 11.2 Å². The van der Waals surface area contributed by atoms with Crippen LogP contribution < -0.4 is 0 Å². The van der Waals surface area contributed by atoms with E-state index in [2.05, 4.69) is 34.8 Å². The Morgan fingerprint density at radius 1 is 1.45 bits per heavy atom. The van der Waals surface area contributed by atoms with Crippen molar-refractivity contribution in [2.45, 2.75) is 25.8 Å². The summed E-state index contributed by atoms with van der Waals surface area (Å²) in [6, 6.07) is 8.31. The summed E-state index contributed by atoms with van der Waals surface area (Å²) >= 11 is 3.51. The van der Waals surface area contributed by atoms with E-state index in [1.807, 2.05) is 36.2 Å². The number of amides is 1. The molecule has 20 heavy (non-hydrogen) atoms. The van der Waals surface area contributed by atoms with E-state index in [1.165, 1.54) is 0 Å². The van der Waals surface area contributed by atoms with Gasteiger partial charge >= 0.3 is 0 Å². The molecule has 0 bridgehead atoms. The van der Waals surface area contributed by atoms with Gasteiger partial charge in [-0.05, 0) is 37.6 Å². The number of nitrogens with zero attached hydrogens (tertiary/aromatic N) is 2. The smallest absolute Gasteiger partial charge is 0.227 e. The molecule has 1 aliphatic rings. The molecule has 1 aromatic carbocycles. The average molecular weight is 339 g/mol. The van der Waals surface area contributed by atoms with Crippen LogP contribution in [0.4, 0.5) is 0 Å². The molecule has 2 atom stereocenters. The third kappa shape index (κ3) is 3.61. The summed E-state index contributed by atoms with van der Waals surface area (Å²) < 4.78 is 1.01. The maximum absolute atomic E-state index is 12.5. The summed E-state index contributed by atoms with van der Waals surface area (Å²) in [7, 11) is 4.10. The highest BCUT2D eigenvalue weighted by atomic mass is 79.9. The Labute approximate surface area is 130 Å². The number of hydrogen-bond acceptors (Lipinski definition) is 2. The quantitative estimate of drug-likeness (QED) is 0.846. The van der Waals surface area contributed by atoms with Crippen LogP contribution in [0.25, 0.3) is 0 Å². The van der Waals surface area contributed by atoms with Crippen LogP contribution in [0.3, 0.4) is 0 Å². The van der Waals surface area contributed by atoms with Crippen molar-refractivity contribution in [3.05, 3.63) is 34.3 Å². The molecule has 0 N–H and O–H groups in total. The van der Waals surface area contributed by atoms with Crippen LogP contribution >= 0.6 is 15.9 Å². The number of piperidine rings is 1. The predicted octanol–water partition coefficient (Wildman–Crippen LogP) is 2.79. The standard InChI is InChI=1S/C16H23BrN2O/c1-12-11-18(2)9-8-15(12)19(3)16(20)10-13-6-4-5-7-14(13)17/h4-7,12,15H,8-11H2,1-3H3. The number of carbonyl (C=O) groups excluding carboxylic acids is 1. The van der Waals surface area contributed by atoms with Gasteiger partial charge in [-0.25, -0.2) is 0 Å². The summed E-state index contributed by atoms with van der Waals surface area (Å²) in [6.07, 6.45) is 1.53. The van der Waals surface area contributed by atoms with Crippen molar-refractivity contribution in [3.63, 3.8) is 0 Å². The molecule has 0 spiro atoms. The molecule has 3 nitrogen and oxygen atoms in total. The van der Waals surface area contributed by atoms with Gasteiger partial charge in [0.2, 0.25) is 5.91 Å². The van der Waals surface area contributed by atoms with Crippen LogP contribution in [0.5, 0.6) is 0 Å². The maximum Gasteiger partial charge on any atom is 0.227 e. The van der Waals surface area contributed by atoms with Gasteiger partial charge in [0.15, 0.2) is 0 Å². The summed E-state index contributed by atoms with van der Waals surface area (Å²) in [4.78, 5) is 16.8. The lowest BCUT2D eigenvalue weighted by atomic mass is 9.92. The summed E-state index contributed by atoms with van der Waals surface area (Å²) in [5, 5.41) is 0. The van der Waals surface area contributed by atoms with Gasteiger partial charge in [-0.15, -0.1) is 0 Å². The van der Waals surface area contributed by atoms with Crippen molar-refractivity contribution in [1.29, 1.82) is 0 Å². The number of benzene rings is 1. The molecule has 1 fully saturated rings. The molecule has 0 aromatic heterocycles. The molecular formula is C16H23BrN2O. The topological polar surface area (TPSA) is 23.6 Å². The average Bonchev–Trinajstić information content (AvgIpc) is 2.40. The van der Waals surface area contributed by atoms with Crippen LogP contribution in [0.2, 0.25) is 0 Å². The molecule has 1 saturated heterocycles. The van der Waals surface area contributed by atoms with Crippen molar-refractivity contribution in [2.75, 3.05) is 27.2 Å². The number of likely N-dealkylation sites (N-methyl/N-ethyl adjacent to an activating group) is 1. The fraction of sp³-hybridized carbons (Fsp3) is 0.562. The Morgan fingerprint density at radius 3 is 2.80 bits per heavy atom. The van der Waals surface area contributed by atoms with E-state index in [0.29, 0.717) is 18.4 Å². The summed E-state index contributed by atoms with van der Waals surface area (Å²) in [5.41, 5.74) is 1.06. The second-order valence-electron chi connectivity index (χ2n) is 5.87. The highest BCUT2D eigenvalue weighted by molar-refractivity contribution is 9.10. The van der Waals surface area contributed by atoms with Crippen LogP contribution in [0, 0.1) is 5.92 Å². The summed E-state index contributed by atoms with van der Waals surface area (Å²) in [5.74, 6) is 0.736. The van der Waals surface area contributed by atoms with E-state index in [4.69, 9.17) is 0 Å². The zero-order valence-corrected chi connectivity index (χ0v) is 14.1. The van der Waals surface area contributed by atoms with E-state index >= 15 is 0 Å². The molecule has 0 aliphatic carbocycles. The molecular weight excluding hydrogens is 316 g/mol. The van der Waals surface area contributed by atoms with Gasteiger partial charge in [-0.3, -0.25) is 4.79 Å². The highest BCUT2D eigenvalue weighted by Crippen LogP contribution is 2.22.